The Balaban J connectivity index is 1.56. The van der Waals surface area contributed by atoms with Gasteiger partial charge >= 0.3 is 6.09 Å². The Hall–Kier alpha value is -2.87. The Morgan fingerprint density at radius 1 is 1.11 bits per heavy atom. The highest BCUT2D eigenvalue weighted by Gasteiger charge is 2.23. The SMILES string of the molecule is CCOC(=O)N1CCN(c2cnc(C(=O)Nc3ccc(Cl)cc3)cn2)CC1. The molecular weight excluding hydrogens is 370 g/mol. The van der Waals surface area contributed by atoms with Crippen molar-refractivity contribution in [1.82, 2.24) is 14.9 Å². The summed E-state index contributed by atoms with van der Waals surface area (Å²) in [6, 6.07) is 6.82. The first kappa shape index (κ1) is 18.9. The number of halogens is 1. The van der Waals surface area contributed by atoms with Gasteiger partial charge in [-0.25, -0.2) is 14.8 Å². The quantitative estimate of drug-likeness (QED) is 0.864. The summed E-state index contributed by atoms with van der Waals surface area (Å²) in [6.07, 6.45) is 2.72. The van der Waals surface area contributed by atoms with E-state index >= 15 is 0 Å². The molecular formula is C18H20ClN5O3. The molecule has 1 fully saturated rings. The van der Waals surface area contributed by atoms with Crippen molar-refractivity contribution in [2.75, 3.05) is 43.0 Å². The second kappa shape index (κ2) is 8.68. The second-order valence-electron chi connectivity index (χ2n) is 5.89. The van der Waals surface area contributed by atoms with Crippen LogP contribution in [0.15, 0.2) is 36.7 Å². The fourth-order valence-electron chi connectivity index (χ4n) is 2.66. The second-order valence-corrected chi connectivity index (χ2v) is 6.33. The van der Waals surface area contributed by atoms with Gasteiger partial charge in [0.1, 0.15) is 11.5 Å². The first-order valence-electron chi connectivity index (χ1n) is 8.62. The number of anilines is 2. The number of nitrogens with one attached hydrogen (secondary N) is 1. The number of nitrogens with zero attached hydrogens (tertiary/aromatic N) is 4. The van der Waals surface area contributed by atoms with Crippen LogP contribution in [0.1, 0.15) is 17.4 Å². The summed E-state index contributed by atoms with van der Waals surface area (Å²) in [5, 5.41) is 3.34. The molecule has 2 amide bonds. The highest BCUT2D eigenvalue weighted by molar-refractivity contribution is 6.30. The van der Waals surface area contributed by atoms with Gasteiger partial charge in [-0.1, -0.05) is 11.6 Å². The molecule has 2 heterocycles. The molecule has 1 saturated heterocycles. The Morgan fingerprint density at radius 2 is 1.81 bits per heavy atom. The number of hydrogen-bond acceptors (Lipinski definition) is 6. The predicted molar refractivity (Wildman–Crippen MR) is 102 cm³/mol. The van der Waals surface area contributed by atoms with Crippen molar-refractivity contribution in [1.29, 1.82) is 0 Å². The lowest BCUT2D eigenvalue weighted by Crippen LogP contribution is -2.49. The van der Waals surface area contributed by atoms with E-state index in [1.54, 1.807) is 42.3 Å². The van der Waals surface area contributed by atoms with Crippen LogP contribution in [0, 0.1) is 0 Å². The molecule has 27 heavy (non-hydrogen) atoms. The molecule has 1 aromatic heterocycles. The van der Waals surface area contributed by atoms with Crippen LogP contribution in [-0.4, -0.2) is 59.7 Å². The normalized spacial score (nSPS) is 14.0. The summed E-state index contributed by atoms with van der Waals surface area (Å²) < 4.78 is 5.01. The number of piperazine rings is 1. The lowest BCUT2D eigenvalue weighted by atomic mass is 10.3. The Morgan fingerprint density at radius 3 is 2.41 bits per heavy atom. The molecule has 142 valence electrons. The molecule has 1 aromatic carbocycles. The van der Waals surface area contributed by atoms with Crippen molar-refractivity contribution >= 4 is 35.1 Å². The minimum absolute atomic E-state index is 0.221. The van der Waals surface area contributed by atoms with E-state index in [0.29, 0.717) is 49.3 Å². The van der Waals surface area contributed by atoms with Crippen LogP contribution in [0.5, 0.6) is 0 Å². The van der Waals surface area contributed by atoms with Gasteiger partial charge in [-0.2, -0.15) is 0 Å². The van der Waals surface area contributed by atoms with Gasteiger partial charge in [-0.3, -0.25) is 4.79 Å². The van der Waals surface area contributed by atoms with E-state index in [2.05, 4.69) is 15.3 Å². The predicted octanol–water partition coefficient (Wildman–Crippen LogP) is 2.66. The van der Waals surface area contributed by atoms with Gasteiger partial charge in [-0.05, 0) is 31.2 Å². The zero-order valence-corrected chi connectivity index (χ0v) is 15.6. The zero-order chi connectivity index (χ0) is 19.2. The van der Waals surface area contributed by atoms with Gasteiger partial charge in [0, 0.05) is 36.9 Å². The number of ether oxygens (including phenoxy) is 1. The van der Waals surface area contributed by atoms with E-state index in [9.17, 15) is 9.59 Å². The van der Waals surface area contributed by atoms with Crippen LogP contribution in [0.2, 0.25) is 5.02 Å². The highest BCUT2D eigenvalue weighted by atomic mass is 35.5. The smallest absolute Gasteiger partial charge is 0.409 e. The van der Waals surface area contributed by atoms with Crippen LogP contribution >= 0.6 is 11.6 Å². The molecule has 9 heteroatoms. The lowest BCUT2D eigenvalue weighted by Gasteiger charge is -2.34. The third kappa shape index (κ3) is 4.85. The van der Waals surface area contributed by atoms with Crippen LogP contribution in [0.4, 0.5) is 16.3 Å². The van der Waals surface area contributed by atoms with Crippen molar-refractivity contribution in [3.05, 3.63) is 47.4 Å². The Bertz CT molecular complexity index is 790. The number of carbonyl (C=O) groups is 2. The molecule has 3 rings (SSSR count). The standard InChI is InChI=1S/C18H20ClN5O3/c1-2-27-18(26)24-9-7-23(8-10-24)16-12-20-15(11-21-16)17(25)22-14-5-3-13(19)4-6-14/h3-6,11-12H,2,7-10H2,1H3,(H,22,25). The number of amides is 2. The van der Waals surface area contributed by atoms with E-state index in [1.807, 2.05) is 4.90 Å². The average Bonchev–Trinajstić information content (AvgIpc) is 2.70. The molecule has 0 atom stereocenters. The van der Waals surface area contributed by atoms with Crippen molar-refractivity contribution in [3.63, 3.8) is 0 Å². The topological polar surface area (TPSA) is 87.7 Å². The maximum atomic E-state index is 12.2. The maximum absolute atomic E-state index is 12.2. The van der Waals surface area contributed by atoms with E-state index in [0.717, 1.165) is 0 Å². The molecule has 8 nitrogen and oxygen atoms in total. The van der Waals surface area contributed by atoms with Gasteiger partial charge in [0.15, 0.2) is 0 Å². The minimum Gasteiger partial charge on any atom is -0.450 e. The monoisotopic (exact) mass is 389 g/mol. The van der Waals surface area contributed by atoms with E-state index in [-0.39, 0.29) is 17.7 Å². The molecule has 1 aliphatic heterocycles. The third-order valence-electron chi connectivity index (χ3n) is 4.10. The Labute approximate surface area is 162 Å². The fraction of sp³-hybridized carbons (Fsp3) is 0.333. The van der Waals surface area contributed by atoms with Gasteiger partial charge < -0.3 is 19.9 Å². The summed E-state index contributed by atoms with van der Waals surface area (Å²) in [4.78, 5) is 36.2. The van der Waals surface area contributed by atoms with E-state index < -0.39 is 0 Å². The summed E-state index contributed by atoms with van der Waals surface area (Å²) >= 11 is 5.83. The summed E-state index contributed by atoms with van der Waals surface area (Å²) in [5.74, 6) is 0.324. The van der Waals surface area contributed by atoms with Gasteiger partial charge in [0.2, 0.25) is 0 Å². The molecule has 1 N–H and O–H groups in total. The van der Waals surface area contributed by atoms with Gasteiger partial charge in [0.25, 0.3) is 5.91 Å². The fourth-order valence-corrected chi connectivity index (χ4v) is 2.79. The first-order chi connectivity index (χ1) is 13.1. The summed E-state index contributed by atoms with van der Waals surface area (Å²) in [5.41, 5.74) is 0.851. The van der Waals surface area contributed by atoms with Crippen molar-refractivity contribution in [2.24, 2.45) is 0 Å². The molecule has 0 unspecified atom stereocenters. The van der Waals surface area contributed by atoms with Crippen LogP contribution in [0.25, 0.3) is 0 Å². The molecule has 0 spiro atoms. The number of benzene rings is 1. The van der Waals surface area contributed by atoms with Gasteiger partial charge in [-0.15, -0.1) is 0 Å². The Kier molecular flexibility index (Phi) is 6.08. The minimum atomic E-state index is -0.344. The maximum Gasteiger partial charge on any atom is 0.409 e. The van der Waals surface area contributed by atoms with Crippen molar-refractivity contribution in [3.8, 4) is 0 Å². The molecule has 0 bridgehead atoms. The highest BCUT2D eigenvalue weighted by Crippen LogP contribution is 2.16. The molecule has 2 aromatic rings. The van der Waals surface area contributed by atoms with Crippen LogP contribution in [-0.2, 0) is 4.74 Å². The molecule has 0 saturated carbocycles. The molecule has 0 radical (unpaired) electrons. The number of carbonyl (C=O) groups excluding carboxylic acids is 2. The average molecular weight is 390 g/mol. The zero-order valence-electron chi connectivity index (χ0n) is 14.9. The van der Waals surface area contributed by atoms with E-state index in [1.165, 1.54) is 6.20 Å². The lowest BCUT2D eigenvalue weighted by molar-refractivity contribution is 0.101. The molecule has 1 aliphatic rings. The summed E-state index contributed by atoms with van der Waals surface area (Å²) in [6.45, 7) is 4.52. The van der Waals surface area contributed by atoms with E-state index in [4.69, 9.17) is 16.3 Å². The van der Waals surface area contributed by atoms with Gasteiger partial charge in [0.05, 0.1) is 19.0 Å². The third-order valence-corrected chi connectivity index (χ3v) is 4.35. The number of aromatic nitrogens is 2. The summed E-state index contributed by atoms with van der Waals surface area (Å²) in [7, 11) is 0. The van der Waals surface area contributed by atoms with Crippen LogP contribution < -0.4 is 10.2 Å². The van der Waals surface area contributed by atoms with Crippen molar-refractivity contribution in [2.45, 2.75) is 6.92 Å². The molecule has 0 aliphatic carbocycles. The number of rotatable bonds is 4. The first-order valence-corrected chi connectivity index (χ1v) is 9.00. The van der Waals surface area contributed by atoms with Crippen molar-refractivity contribution < 1.29 is 14.3 Å². The van der Waals surface area contributed by atoms with Crippen LogP contribution in [0.3, 0.4) is 0 Å². The number of hydrogen-bond donors (Lipinski definition) is 1. The largest absolute Gasteiger partial charge is 0.450 e.